The van der Waals surface area contributed by atoms with Crippen LogP contribution < -0.4 is 9.47 Å². The first-order valence-corrected chi connectivity index (χ1v) is 11.9. The summed E-state index contributed by atoms with van der Waals surface area (Å²) in [4.78, 5) is 23.1. The van der Waals surface area contributed by atoms with Crippen LogP contribution in [0.2, 0.25) is 5.02 Å². The van der Waals surface area contributed by atoms with Crippen molar-refractivity contribution in [2.45, 2.75) is 57.2 Å². The van der Waals surface area contributed by atoms with Crippen LogP contribution in [0.4, 0.5) is 0 Å². The molecule has 180 valence electrons. The van der Waals surface area contributed by atoms with Crippen molar-refractivity contribution in [2.24, 2.45) is 0 Å². The lowest BCUT2D eigenvalue weighted by Crippen LogP contribution is -2.22. The van der Waals surface area contributed by atoms with E-state index in [2.05, 4.69) is 13.2 Å². The molecule has 2 aliphatic rings. The maximum absolute atomic E-state index is 11.6. The first-order valence-electron chi connectivity index (χ1n) is 11.5. The van der Waals surface area contributed by atoms with Crippen LogP contribution in [-0.2, 0) is 19.1 Å². The second-order valence-electron chi connectivity index (χ2n) is 8.91. The Morgan fingerprint density at radius 1 is 0.941 bits per heavy atom. The van der Waals surface area contributed by atoms with Crippen LogP contribution in [-0.4, -0.2) is 37.4 Å². The third kappa shape index (κ3) is 4.78. The molecule has 0 amide bonds. The summed E-state index contributed by atoms with van der Waals surface area (Å²) >= 11 is 6.38. The number of carbonyl (C=O) groups is 2. The fourth-order valence-corrected chi connectivity index (χ4v) is 5.20. The van der Waals surface area contributed by atoms with Crippen LogP contribution in [0.15, 0.2) is 43.5 Å². The van der Waals surface area contributed by atoms with Crippen LogP contribution in [0.1, 0.15) is 56.1 Å². The van der Waals surface area contributed by atoms with Gasteiger partial charge in [0.1, 0.15) is 36.9 Å². The highest BCUT2D eigenvalue weighted by molar-refractivity contribution is 6.31. The van der Waals surface area contributed by atoms with E-state index < -0.39 is 24.1 Å². The Bertz CT molecular complexity index is 1140. The number of carbonyl (C=O) groups excluding carboxylic acids is 2. The molecule has 0 aromatic heterocycles. The number of rotatable bonds is 10. The normalized spacial score (nSPS) is 19.7. The summed E-state index contributed by atoms with van der Waals surface area (Å²) in [6.07, 6.45) is 4.65. The molecule has 0 saturated heterocycles. The zero-order valence-electron chi connectivity index (χ0n) is 19.5. The fraction of sp³-hybridized carbons (Fsp3) is 0.407. The SMILES string of the molecule is C=CC(=O)OC(C)COc1c2c(c(OCC(C)OC(=O)C=C)c3cc(Cl)ccc13)C1CCC2C1. The minimum atomic E-state index is -0.483. The molecule has 0 radical (unpaired) electrons. The number of fused-ring (bicyclic) bond motifs is 6. The molecule has 2 aromatic carbocycles. The summed E-state index contributed by atoms with van der Waals surface area (Å²) in [6.45, 7) is 10.9. The van der Waals surface area contributed by atoms with E-state index in [0.717, 1.165) is 59.2 Å². The van der Waals surface area contributed by atoms with E-state index in [1.807, 2.05) is 18.2 Å². The first-order chi connectivity index (χ1) is 16.3. The van der Waals surface area contributed by atoms with Crippen molar-refractivity contribution < 1.29 is 28.5 Å². The third-order valence-corrected chi connectivity index (χ3v) is 6.63. The van der Waals surface area contributed by atoms with Gasteiger partial charge in [-0.25, -0.2) is 9.59 Å². The Kier molecular flexibility index (Phi) is 7.17. The van der Waals surface area contributed by atoms with Gasteiger partial charge in [-0.15, -0.1) is 0 Å². The zero-order valence-corrected chi connectivity index (χ0v) is 20.2. The summed E-state index contributed by atoms with van der Waals surface area (Å²) in [6, 6.07) is 5.65. The van der Waals surface area contributed by atoms with E-state index in [4.69, 9.17) is 30.5 Å². The predicted octanol–water partition coefficient (Wildman–Crippen LogP) is 5.85. The lowest BCUT2D eigenvalue weighted by Gasteiger charge is -2.26. The van der Waals surface area contributed by atoms with Gasteiger partial charge in [0.05, 0.1) is 0 Å². The Morgan fingerprint density at radius 3 is 1.94 bits per heavy atom. The van der Waals surface area contributed by atoms with Gasteiger partial charge in [-0.1, -0.05) is 24.8 Å². The lowest BCUT2D eigenvalue weighted by molar-refractivity contribution is -0.144. The summed E-state index contributed by atoms with van der Waals surface area (Å²) in [7, 11) is 0. The third-order valence-electron chi connectivity index (χ3n) is 6.39. The average molecular weight is 485 g/mol. The van der Waals surface area contributed by atoms with Gasteiger partial charge in [-0.3, -0.25) is 0 Å². The first kappa shape index (κ1) is 24.1. The Balaban J connectivity index is 1.72. The highest BCUT2D eigenvalue weighted by Crippen LogP contribution is 2.61. The minimum Gasteiger partial charge on any atom is -0.489 e. The molecule has 2 aromatic rings. The van der Waals surface area contributed by atoms with Crippen molar-refractivity contribution in [1.82, 2.24) is 0 Å². The van der Waals surface area contributed by atoms with Gasteiger partial charge in [-0.2, -0.15) is 0 Å². The molecule has 0 heterocycles. The molecular formula is C27H29ClO6. The van der Waals surface area contributed by atoms with E-state index in [-0.39, 0.29) is 13.2 Å². The number of hydrogen-bond donors (Lipinski definition) is 0. The van der Waals surface area contributed by atoms with E-state index in [1.54, 1.807) is 13.8 Å². The van der Waals surface area contributed by atoms with Crippen molar-refractivity contribution in [3.63, 3.8) is 0 Å². The molecule has 0 N–H and O–H groups in total. The van der Waals surface area contributed by atoms with Crippen LogP contribution >= 0.6 is 11.6 Å². The molecule has 4 atom stereocenters. The molecule has 0 aliphatic heterocycles. The highest BCUT2D eigenvalue weighted by atomic mass is 35.5. The van der Waals surface area contributed by atoms with E-state index in [0.29, 0.717) is 16.9 Å². The zero-order chi connectivity index (χ0) is 24.4. The standard InChI is InChI=1S/C27H29ClO6/c1-5-22(29)33-15(3)13-31-26-20-10-9-19(28)12-21(20)27(32-14-16(4)34-23(30)6-2)25-18-8-7-17(11-18)24(25)26/h5-6,9-10,12,15-18H,1-2,7-8,11,13-14H2,3-4H3. The Morgan fingerprint density at radius 2 is 1.44 bits per heavy atom. The summed E-state index contributed by atoms with van der Waals surface area (Å²) in [5.74, 6) is 1.38. The Labute approximate surface area is 204 Å². The van der Waals surface area contributed by atoms with Crippen molar-refractivity contribution in [2.75, 3.05) is 13.2 Å². The van der Waals surface area contributed by atoms with Crippen molar-refractivity contribution in [3.05, 3.63) is 59.7 Å². The number of ether oxygens (including phenoxy) is 4. The van der Waals surface area contributed by atoms with Crippen LogP contribution in [0.3, 0.4) is 0 Å². The number of halogens is 1. The summed E-state index contributed by atoms with van der Waals surface area (Å²) in [5, 5.41) is 2.33. The number of benzene rings is 2. The van der Waals surface area contributed by atoms with Crippen molar-refractivity contribution >= 4 is 34.3 Å². The molecule has 2 aliphatic carbocycles. The van der Waals surface area contributed by atoms with Gasteiger partial charge >= 0.3 is 11.9 Å². The molecule has 0 spiro atoms. The molecule has 1 fully saturated rings. The summed E-state index contributed by atoms with van der Waals surface area (Å²) < 4.78 is 23.2. The number of hydrogen-bond acceptors (Lipinski definition) is 6. The quantitative estimate of drug-likeness (QED) is 0.311. The molecule has 2 bridgehead atoms. The fourth-order valence-electron chi connectivity index (χ4n) is 5.03. The topological polar surface area (TPSA) is 71.1 Å². The maximum Gasteiger partial charge on any atom is 0.330 e. The van der Waals surface area contributed by atoms with Gasteiger partial charge in [-0.05, 0) is 63.1 Å². The monoisotopic (exact) mass is 484 g/mol. The number of esters is 2. The van der Waals surface area contributed by atoms with E-state index >= 15 is 0 Å². The van der Waals surface area contributed by atoms with E-state index in [1.165, 1.54) is 5.56 Å². The lowest BCUT2D eigenvalue weighted by atomic mass is 9.87. The largest absolute Gasteiger partial charge is 0.489 e. The Hall–Kier alpha value is -2.99. The van der Waals surface area contributed by atoms with Crippen molar-refractivity contribution in [1.29, 1.82) is 0 Å². The second-order valence-corrected chi connectivity index (χ2v) is 9.34. The maximum atomic E-state index is 11.6. The van der Waals surface area contributed by atoms with Crippen LogP contribution in [0.5, 0.6) is 11.5 Å². The molecule has 4 rings (SSSR count). The molecule has 4 unspecified atom stereocenters. The molecule has 6 nitrogen and oxygen atoms in total. The molecular weight excluding hydrogens is 456 g/mol. The van der Waals surface area contributed by atoms with Gasteiger partial charge in [0, 0.05) is 39.1 Å². The molecule has 1 saturated carbocycles. The average Bonchev–Trinajstić information content (AvgIpc) is 3.43. The van der Waals surface area contributed by atoms with Gasteiger partial charge in [0.15, 0.2) is 0 Å². The van der Waals surface area contributed by atoms with E-state index in [9.17, 15) is 9.59 Å². The highest BCUT2D eigenvalue weighted by Gasteiger charge is 2.43. The van der Waals surface area contributed by atoms with Crippen molar-refractivity contribution in [3.8, 4) is 11.5 Å². The van der Waals surface area contributed by atoms with Crippen LogP contribution in [0, 0.1) is 0 Å². The predicted molar refractivity (Wildman–Crippen MR) is 131 cm³/mol. The molecule has 34 heavy (non-hydrogen) atoms. The minimum absolute atomic E-state index is 0.208. The van der Waals surface area contributed by atoms with Gasteiger partial charge < -0.3 is 18.9 Å². The summed E-state index contributed by atoms with van der Waals surface area (Å²) in [5.41, 5.74) is 2.32. The van der Waals surface area contributed by atoms with Gasteiger partial charge in [0.25, 0.3) is 0 Å². The molecule has 7 heteroatoms. The second kappa shape index (κ2) is 10.1. The van der Waals surface area contributed by atoms with Gasteiger partial charge in [0.2, 0.25) is 0 Å². The van der Waals surface area contributed by atoms with Crippen LogP contribution in [0.25, 0.3) is 10.8 Å². The smallest absolute Gasteiger partial charge is 0.330 e.